The lowest BCUT2D eigenvalue weighted by molar-refractivity contribution is 0.102. The number of amides is 1. The number of thiophene rings is 1. The van der Waals surface area contributed by atoms with Gasteiger partial charge < -0.3 is 10.2 Å². The third-order valence-corrected chi connectivity index (χ3v) is 5.47. The molecule has 0 atom stereocenters. The van der Waals surface area contributed by atoms with Crippen molar-refractivity contribution in [1.29, 1.82) is 0 Å². The minimum absolute atomic E-state index is 0.0291. The summed E-state index contributed by atoms with van der Waals surface area (Å²) in [6.45, 7) is 2.15. The fraction of sp³-hybridized carbons (Fsp3) is 0.312. The Labute approximate surface area is 142 Å². The van der Waals surface area contributed by atoms with Crippen LogP contribution in [0.3, 0.4) is 0 Å². The second kappa shape index (κ2) is 6.79. The van der Waals surface area contributed by atoms with E-state index >= 15 is 0 Å². The second-order valence-electron chi connectivity index (χ2n) is 5.16. The largest absolute Gasteiger partial charge is 0.370 e. The summed E-state index contributed by atoms with van der Waals surface area (Å²) in [5, 5.41) is 4.96. The van der Waals surface area contributed by atoms with Gasteiger partial charge in [-0.2, -0.15) is 0 Å². The minimum Gasteiger partial charge on any atom is -0.370 e. The van der Waals surface area contributed by atoms with E-state index in [1.165, 1.54) is 19.3 Å². The van der Waals surface area contributed by atoms with Crippen molar-refractivity contribution in [2.75, 3.05) is 23.3 Å². The predicted molar refractivity (Wildman–Crippen MR) is 97.5 cm³/mol. The molecule has 0 radical (unpaired) electrons. The molecule has 0 saturated carbocycles. The molecule has 110 valence electrons. The normalized spacial score (nSPS) is 15.0. The van der Waals surface area contributed by atoms with Crippen LogP contribution < -0.4 is 10.2 Å². The Kier molecular flexibility index (Phi) is 4.80. The van der Waals surface area contributed by atoms with E-state index in [0.717, 1.165) is 32.9 Å². The van der Waals surface area contributed by atoms with Gasteiger partial charge in [0.05, 0.1) is 19.8 Å². The average molecular weight is 412 g/mol. The molecule has 2 aromatic rings. The number of benzene rings is 1. The van der Waals surface area contributed by atoms with Gasteiger partial charge in [-0.3, -0.25) is 4.79 Å². The zero-order valence-corrected chi connectivity index (χ0v) is 14.6. The summed E-state index contributed by atoms with van der Waals surface area (Å²) in [6, 6.07) is 10.0. The van der Waals surface area contributed by atoms with E-state index in [1.807, 2.05) is 29.6 Å². The Hall–Kier alpha value is -1.08. The third-order valence-electron chi connectivity index (χ3n) is 3.68. The zero-order chi connectivity index (χ0) is 14.7. The number of nitrogens with one attached hydrogen (secondary N) is 1. The van der Waals surface area contributed by atoms with Crippen LogP contribution in [0.5, 0.6) is 0 Å². The minimum atomic E-state index is -0.0291. The van der Waals surface area contributed by atoms with E-state index in [2.05, 4.69) is 38.9 Å². The highest BCUT2D eigenvalue weighted by Crippen LogP contribution is 2.29. The predicted octanol–water partition coefficient (Wildman–Crippen LogP) is 4.60. The van der Waals surface area contributed by atoms with Crippen LogP contribution in [0.25, 0.3) is 0 Å². The van der Waals surface area contributed by atoms with Crippen LogP contribution in [0, 0.1) is 2.88 Å². The van der Waals surface area contributed by atoms with E-state index in [-0.39, 0.29) is 5.91 Å². The summed E-state index contributed by atoms with van der Waals surface area (Å²) in [5.41, 5.74) is 2.78. The number of halogens is 1. The molecule has 0 aliphatic carbocycles. The van der Waals surface area contributed by atoms with Crippen molar-refractivity contribution >= 4 is 51.2 Å². The maximum atomic E-state index is 12.3. The first kappa shape index (κ1) is 14.8. The lowest BCUT2D eigenvalue weighted by atomic mass is 10.1. The van der Waals surface area contributed by atoms with Crippen molar-refractivity contribution in [2.45, 2.75) is 19.3 Å². The highest BCUT2D eigenvalue weighted by atomic mass is 127. The number of anilines is 2. The van der Waals surface area contributed by atoms with Gasteiger partial charge in [0.25, 0.3) is 5.91 Å². The van der Waals surface area contributed by atoms with Crippen molar-refractivity contribution in [3.63, 3.8) is 0 Å². The molecule has 0 unspecified atom stereocenters. The Morgan fingerprint density at radius 1 is 1.19 bits per heavy atom. The molecule has 1 N–H and O–H groups in total. The molecule has 0 bridgehead atoms. The van der Waals surface area contributed by atoms with Gasteiger partial charge >= 0.3 is 0 Å². The Balaban J connectivity index is 1.80. The highest BCUT2D eigenvalue weighted by molar-refractivity contribution is 14.1. The fourth-order valence-corrected chi connectivity index (χ4v) is 3.94. The van der Waals surface area contributed by atoms with Gasteiger partial charge in [0.2, 0.25) is 0 Å². The van der Waals surface area contributed by atoms with E-state index in [4.69, 9.17) is 0 Å². The van der Waals surface area contributed by atoms with Crippen LogP contribution in [0.2, 0.25) is 0 Å². The lowest BCUT2D eigenvalue weighted by Gasteiger charge is -2.30. The van der Waals surface area contributed by atoms with Crippen molar-refractivity contribution < 1.29 is 4.79 Å². The number of piperidine rings is 1. The Morgan fingerprint density at radius 2 is 1.95 bits per heavy atom. The number of hydrogen-bond acceptors (Lipinski definition) is 3. The van der Waals surface area contributed by atoms with Crippen LogP contribution >= 0.6 is 33.9 Å². The van der Waals surface area contributed by atoms with Crippen LogP contribution in [0.1, 0.15) is 29.6 Å². The molecule has 21 heavy (non-hydrogen) atoms. The Morgan fingerprint density at radius 3 is 2.67 bits per heavy atom. The van der Waals surface area contributed by atoms with Gasteiger partial charge in [-0.1, -0.05) is 12.1 Å². The van der Waals surface area contributed by atoms with Gasteiger partial charge in [0.1, 0.15) is 0 Å². The molecule has 1 amide bonds. The number of carbonyl (C=O) groups excluding carboxylic acids is 1. The van der Waals surface area contributed by atoms with E-state index in [9.17, 15) is 4.79 Å². The van der Waals surface area contributed by atoms with E-state index < -0.39 is 0 Å². The standard InChI is InChI=1S/C16H17IN2OS/c17-15-10-12(11-21-15)16(20)18-13-6-2-3-7-14(13)19-8-4-1-5-9-19/h2-3,6-7,10-11H,1,4-5,8-9H2,(H,18,20). The highest BCUT2D eigenvalue weighted by Gasteiger charge is 2.16. The molecule has 1 saturated heterocycles. The van der Waals surface area contributed by atoms with Gasteiger partial charge in [-0.25, -0.2) is 0 Å². The van der Waals surface area contributed by atoms with Crippen molar-refractivity contribution in [3.8, 4) is 0 Å². The molecule has 0 spiro atoms. The molecular weight excluding hydrogens is 395 g/mol. The topological polar surface area (TPSA) is 32.3 Å². The maximum Gasteiger partial charge on any atom is 0.256 e. The molecular formula is C16H17IN2OS. The van der Waals surface area contributed by atoms with Crippen molar-refractivity contribution in [3.05, 3.63) is 44.2 Å². The quantitative estimate of drug-likeness (QED) is 0.748. The van der Waals surface area contributed by atoms with Gasteiger partial charge in [0, 0.05) is 18.5 Å². The molecule has 1 aliphatic heterocycles. The molecule has 1 aromatic heterocycles. The van der Waals surface area contributed by atoms with Crippen LogP contribution in [-0.2, 0) is 0 Å². The van der Waals surface area contributed by atoms with E-state index in [0.29, 0.717) is 0 Å². The van der Waals surface area contributed by atoms with Gasteiger partial charge in [0.15, 0.2) is 0 Å². The summed E-state index contributed by atoms with van der Waals surface area (Å²) in [4.78, 5) is 14.7. The molecule has 5 heteroatoms. The molecule has 1 fully saturated rings. The van der Waals surface area contributed by atoms with Gasteiger partial charge in [-0.15, -0.1) is 11.3 Å². The van der Waals surface area contributed by atoms with Crippen LogP contribution in [0.4, 0.5) is 11.4 Å². The molecule has 1 aliphatic rings. The zero-order valence-electron chi connectivity index (χ0n) is 11.6. The van der Waals surface area contributed by atoms with Crippen molar-refractivity contribution in [1.82, 2.24) is 0 Å². The summed E-state index contributed by atoms with van der Waals surface area (Å²) in [6.07, 6.45) is 3.76. The van der Waals surface area contributed by atoms with Gasteiger partial charge in [-0.05, 0) is 60.1 Å². The average Bonchev–Trinajstić information content (AvgIpc) is 2.95. The first-order chi connectivity index (χ1) is 10.2. The lowest BCUT2D eigenvalue weighted by Crippen LogP contribution is -2.30. The number of para-hydroxylation sites is 2. The first-order valence-corrected chi connectivity index (χ1v) is 9.09. The summed E-state index contributed by atoms with van der Waals surface area (Å²) < 4.78 is 1.13. The smallest absolute Gasteiger partial charge is 0.256 e. The molecule has 3 nitrogen and oxygen atoms in total. The van der Waals surface area contributed by atoms with Crippen LogP contribution in [0.15, 0.2) is 35.7 Å². The molecule has 3 rings (SSSR count). The summed E-state index contributed by atoms with van der Waals surface area (Å²) in [7, 11) is 0. The third kappa shape index (κ3) is 3.58. The monoisotopic (exact) mass is 412 g/mol. The number of nitrogens with zero attached hydrogens (tertiary/aromatic N) is 1. The van der Waals surface area contributed by atoms with Crippen LogP contribution in [-0.4, -0.2) is 19.0 Å². The maximum absolute atomic E-state index is 12.3. The molecule has 2 heterocycles. The number of rotatable bonds is 3. The first-order valence-electron chi connectivity index (χ1n) is 7.13. The van der Waals surface area contributed by atoms with Crippen molar-refractivity contribution in [2.24, 2.45) is 0 Å². The number of hydrogen-bond donors (Lipinski definition) is 1. The SMILES string of the molecule is O=C(Nc1ccccc1N1CCCCC1)c1csc(I)c1. The summed E-state index contributed by atoms with van der Waals surface area (Å²) in [5.74, 6) is -0.0291. The van der Waals surface area contributed by atoms with E-state index in [1.54, 1.807) is 11.3 Å². The fourth-order valence-electron chi connectivity index (χ4n) is 2.61. The number of carbonyl (C=O) groups is 1. The molecule has 1 aromatic carbocycles. The second-order valence-corrected chi connectivity index (χ2v) is 7.96. The Bertz CT molecular complexity index is 635. The summed E-state index contributed by atoms with van der Waals surface area (Å²) >= 11 is 3.83.